The van der Waals surface area contributed by atoms with Gasteiger partial charge in [-0.05, 0) is 42.7 Å². The average Bonchev–Trinajstić information content (AvgIpc) is 2.72. The molecule has 0 aliphatic rings. The van der Waals surface area contributed by atoms with Crippen LogP contribution in [0, 0.1) is 11.3 Å². The van der Waals surface area contributed by atoms with E-state index in [1.165, 1.54) is 0 Å². The number of carbonyl (C=O) groups excluding carboxylic acids is 1. The van der Waals surface area contributed by atoms with E-state index in [4.69, 9.17) is 20.8 Å². The molecule has 0 unspecified atom stereocenters. The van der Waals surface area contributed by atoms with Crippen LogP contribution < -0.4 is 5.63 Å². The summed E-state index contributed by atoms with van der Waals surface area (Å²) in [4.78, 5) is 24.8. The van der Waals surface area contributed by atoms with Gasteiger partial charge in [0.1, 0.15) is 17.2 Å². The Labute approximate surface area is 172 Å². The van der Waals surface area contributed by atoms with Crippen LogP contribution in [-0.2, 0) is 16.0 Å². The molecule has 0 N–H and O–H groups in total. The van der Waals surface area contributed by atoms with Crippen LogP contribution in [0.1, 0.15) is 29.5 Å². The molecule has 0 aliphatic heterocycles. The average molecular weight is 408 g/mol. The summed E-state index contributed by atoms with van der Waals surface area (Å²) in [6.45, 7) is 5.87. The molecule has 0 saturated heterocycles. The summed E-state index contributed by atoms with van der Waals surface area (Å²) < 4.78 is 10.4. The quantitative estimate of drug-likeness (QED) is 0.334. The summed E-state index contributed by atoms with van der Waals surface area (Å²) in [6, 6.07) is 16.0. The van der Waals surface area contributed by atoms with Crippen molar-refractivity contribution < 1.29 is 13.9 Å². The van der Waals surface area contributed by atoms with Crippen molar-refractivity contribution >= 4 is 28.5 Å². The Bertz CT molecular complexity index is 1180. The highest BCUT2D eigenvalue weighted by Crippen LogP contribution is 2.33. The molecular weight excluding hydrogens is 390 g/mol. The Hall–Kier alpha value is -3.36. The zero-order valence-corrected chi connectivity index (χ0v) is 16.5. The lowest BCUT2D eigenvalue weighted by Gasteiger charge is -2.20. The van der Waals surface area contributed by atoms with E-state index in [2.05, 4.69) is 6.58 Å². The van der Waals surface area contributed by atoms with E-state index in [-0.39, 0.29) is 24.2 Å². The van der Waals surface area contributed by atoms with Gasteiger partial charge in [0.15, 0.2) is 0 Å². The summed E-state index contributed by atoms with van der Waals surface area (Å²) in [7, 11) is 0. The second-order valence-electron chi connectivity index (χ2n) is 6.41. The van der Waals surface area contributed by atoms with E-state index < -0.39 is 17.5 Å². The van der Waals surface area contributed by atoms with Crippen LogP contribution >= 0.6 is 11.6 Å². The number of carbonyl (C=O) groups is 1. The zero-order chi connectivity index (χ0) is 21.0. The van der Waals surface area contributed by atoms with Crippen molar-refractivity contribution in [3.63, 3.8) is 0 Å². The van der Waals surface area contributed by atoms with Crippen molar-refractivity contribution in [1.29, 1.82) is 5.26 Å². The lowest BCUT2D eigenvalue weighted by atomic mass is 9.84. The minimum Gasteiger partial charge on any atom is -0.463 e. The maximum absolute atomic E-state index is 12.4. The number of halogens is 1. The van der Waals surface area contributed by atoms with Crippen LogP contribution in [0.25, 0.3) is 11.0 Å². The van der Waals surface area contributed by atoms with E-state index >= 15 is 0 Å². The first kappa shape index (κ1) is 20.4. The normalized spacial score (nSPS) is 11.6. The number of esters is 1. The number of hydrogen-bond donors (Lipinski definition) is 0. The number of rotatable bonds is 6. The monoisotopic (exact) mass is 407 g/mol. The minimum absolute atomic E-state index is 0.114. The van der Waals surface area contributed by atoms with Crippen molar-refractivity contribution in [3.8, 4) is 6.07 Å². The third kappa shape index (κ3) is 4.23. The molecule has 1 heterocycles. The fourth-order valence-electron chi connectivity index (χ4n) is 3.26. The maximum atomic E-state index is 12.4. The number of fused-ring (bicyclic) bond motifs is 1. The number of nitrogens with zero attached hydrogens (tertiary/aromatic N) is 1. The van der Waals surface area contributed by atoms with Crippen LogP contribution in [0.3, 0.4) is 0 Å². The van der Waals surface area contributed by atoms with Gasteiger partial charge in [-0.2, -0.15) is 5.26 Å². The Morgan fingerprint density at radius 2 is 2.00 bits per heavy atom. The van der Waals surface area contributed by atoms with E-state index in [0.29, 0.717) is 21.6 Å². The first-order valence-corrected chi connectivity index (χ1v) is 9.40. The van der Waals surface area contributed by atoms with Gasteiger partial charge in [0.25, 0.3) is 0 Å². The number of hydrogen-bond acceptors (Lipinski definition) is 5. The summed E-state index contributed by atoms with van der Waals surface area (Å²) in [6.07, 6.45) is 0.187. The molecule has 0 radical (unpaired) electrons. The predicted octanol–water partition coefficient (Wildman–Crippen LogP) is 4.76. The topological polar surface area (TPSA) is 80.3 Å². The first-order chi connectivity index (χ1) is 14.0. The van der Waals surface area contributed by atoms with Gasteiger partial charge in [0.05, 0.1) is 6.61 Å². The van der Waals surface area contributed by atoms with E-state index in [1.54, 1.807) is 25.1 Å². The molecule has 0 bridgehead atoms. The van der Waals surface area contributed by atoms with Gasteiger partial charge >= 0.3 is 11.6 Å². The molecule has 3 rings (SSSR count). The molecule has 2 aromatic carbocycles. The maximum Gasteiger partial charge on any atom is 0.354 e. The Morgan fingerprint density at radius 3 is 2.66 bits per heavy atom. The Kier molecular flexibility index (Phi) is 6.16. The van der Waals surface area contributed by atoms with E-state index in [0.717, 1.165) is 5.56 Å². The van der Waals surface area contributed by atoms with Crippen LogP contribution in [0.5, 0.6) is 0 Å². The van der Waals surface area contributed by atoms with Gasteiger partial charge in [0, 0.05) is 21.9 Å². The fraction of sp³-hybridized carbons (Fsp3) is 0.174. The van der Waals surface area contributed by atoms with Crippen LogP contribution in [0.4, 0.5) is 0 Å². The van der Waals surface area contributed by atoms with E-state index in [9.17, 15) is 14.9 Å². The van der Waals surface area contributed by atoms with Crippen LogP contribution in [-0.4, -0.2) is 12.6 Å². The highest BCUT2D eigenvalue weighted by Gasteiger charge is 2.26. The summed E-state index contributed by atoms with van der Waals surface area (Å²) in [5.74, 6) is -1.02. The second-order valence-corrected chi connectivity index (χ2v) is 6.84. The number of nitriles is 1. The smallest absolute Gasteiger partial charge is 0.354 e. The summed E-state index contributed by atoms with van der Waals surface area (Å²) in [5, 5.41) is 10.6. The van der Waals surface area contributed by atoms with E-state index in [1.807, 2.05) is 36.4 Å². The molecule has 1 aromatic heterocycles. The highest BCUT2D eigenvalue weighted by atomic mass is 35.5. The van der Waals surface area contributed by atoms with Gasteiger partial charge in [0.2, 0.25) is 0 Å². The number of ether oxygens (including phenoxy) is 1. The molecule has 0 amide bonds. The zero-order valence-electron chi connectivity index (χ0n) is 15.8. The van der Waals surface area contributed by atoms with Gasteiger partial charge in [-0.25, -0.2) is 9.59 Å². The van der Waals surface area contributed by atoms with Gasteiger partial charge in [-0.1, -0.05) is 48.5 Å². The lowest BCUT2D eigenvalue weighted by molar-refractivity contribution is -0.138. The second kappa shape index (κ2) is 8.76. The number of benzene rings is 2. The highest BCUT2D eigenvalue weighted by molar-refractivity contribution is 6.31. The molecule has 3 aromatic rings. The fourth-order valence-corrected chi connectivity index (χ4v) is 3.43. The largest absolute Gasteiger partial charge is 0.463 e. The minimum atomic E-state index is -0.731. The standard InChI is InChI=1S/C23H18ClNO4/c1-3-28-22(26)14(2)17(15-7-5-4-6-8-15)12-18-19-11-16(24)9-10-21(19)29-23(27)20(18)13-25/h4-11,17H,2-3,12H2,1H3/t17-/m0/s1. The van der Waals surface area contributed by atoms with Crippen LogP contribution in [0.15, 0.2) is 69.9 Å². The molecule has 146 valence electrons. The lowest BCUT2D eigenvalue weighted by Crippen LogP contribution is -2.18. The van der Waals surface area contributed by atoms with Crippen molar-refractivity contribution in [2.24, 2.45) is 0 Å². The van der Waals surface area contributed by atoms with Crippen molar-refractivity contribution in [1.82, 2.24) is 0 Å². The van der Waals surface area contributed by atoms with Crippen LogP contribution in [0.2, 0.25) is 5.02 Å². The molecule has 0 aliphatic carbocycles. The third-order valence-corrected chi connectivity index (χ3v) is 4.89. The molecule has 5 nitrogen and oxygen atoms in total. The Morgan fingerprint density at radius 1 is 1.28 bits per heavy atom. The molecule has 6 heteroatoms. The molecular formula is C23H18ClNO4. The SMILES string of the molecule is C=C(C(=O)OCC)[C@H](Cc1c(C#N)c(=O)oc2ccc(Cl)cc12)c1ccccc1. The third-order valence-electron chi connectivity index (χ3n) is 4.66. The van der Waals surface area contributed by atoms with Gasteiger partial charge in [-0.3, -0.25) is 0 Å². The van der Waals surface area contributed by atoms with Crippen molar-refractivity contribution in [2.45, 2.75) is 19.3 Å². The molecule has 0 saturated carbocycles. The molecule has 1 atom stereocenters. The van der Waals surface area contributed by atoms with Crippen molar-refractivity contribution in [2.75, 3.05) is 6.61 Å². The Balaban J connectivity index is 2.20. The van der Waals surface area contributed by atoms with Gasteiger partial charge in [-0.15, -0.1) is 0 Å². The summed E-state index contributed by atoms with van der Waals surface area (Å²) in [5.41, 5.74) is 0.994. The predicted molar refractivity (Wildman–Crippen MR) is 111 cm³/mol. The van der Waals surface area contributed by atoms with Crippen molar-refractivity contribution in [3.05, 3.63) is 92.8 Å². The molecule has 0 spiro atoms. The summed E-state index contributed by atoms with van der Waals surface area (Å²) >= 11 is 6.14. The first-order valence-electron chi connectivity index (χ1n) is 9.02. The molecule has 29 heavy (non-hydrogen) atoms. The molecule has 0 fully saturated rings. The van der Waals surface area contributed by atoms with Gasteiger partial charge < -0.3 is 9.15 Å².